The van der Waals surface area contributed by atoms with E-state index in [9.17, 15) is 0 Å². The van der Waals surface area contributed by atoms with E-state index in [1.54, 1.807) is 0 Å². The molecule has 0 fully saturated rings. The van der Waals surface area contributed by atoms with Crippen LogP contribution in [-0.4, -0.2) is 19.5 Å². The fourth-order valence-corrected chi connectivity index (χ4v) is 2.69. The average molecular weight is 352 g/mol. The zero-order chi connectivity index (χ0) is 18.4. The number of nitrogens with zero attached hydrogens (tertiary/aromatic N) is 1. The maximum Gasteiger partial charge on any atom is 0.157 e. The molecular weight excluding hydrogens is 310 g/mol. The van der Waals surface area contributed by atoms with Crippen LogP contribution in [0.2, 0.25) is 0 Å². The minimum Gasteiger partial charge on any atom is -0.353 e. The van der Waals surface area contributed by atoms with Crippen molar-refractivity contribution < 1.29 is 9.47 Å². The predicted molar refractivity (Wildman–Crippen MR) is 106 cm³/mol. The van der Waals surface area contributed by atoms with Crippen molar-refractivity contribution in [2.45, 2.75) is 110 Å². The zero-order valence-electron chi connectivity index (χ0n) is 16.8. The van der Waals surface area contributed by atoms with Crippen LogP contribution in [0.1, 0.15) is 104 Å². The first-order valence-corrected chi connectivity index (χ1v) is 10.6. The van der Waals surface area contributed by atoms with Crippen LogP contribution in [0.3, 0.4) is 0 Å². The summed E-state index contributed by atoms with van der Waals surface area (Å²) in [5.74, 6) is 0. The van der Waals surface area contributed by atoms with Gasteiger partial charge in [0.2, 0.25) is 0 Å². The molecule has 0 N–H and O–H groups in total. The summed E-state index contributed by atoms with van der Waals surface area (Å²) >= 11 is 0. The summed E-state index contributed by atoms with van der Waals surface area (Å²) < 4.78 is 11.9. The number of unbranched alkanes of at least 4 members (excludes halogenated alkanes) is 9. The molecule has 0 saturated carbocycles. The Kier molecular flexibility index (Phi) is 20.5. The maximum atomic E-state index is 8.64. The molecule has 0 aliphatic heterocycles. The highest BCUT2D eigenvalue weighted by atomic mass is 16.7. The standard InChI is InChI=1S/C22H41NO2/c1-3-5-7-9-11-16-20-24-22(18-14-13-15-19-23)25-21-17-12-10-8-6-4-2/h5,7,22H,3-4,6,8-18,20-21H2,1-2H3/b7-5-. The zero-order valence-corrected chi connectivity index (χ0v) is 16.8. The molecule has 3 nitrogen and oxygen atoms in total. The molecule has 3 heteroatoms. The second-order valence-corrected chi connectivity index (χ2v) is 6.72. The Morgan fingerprint density at radius 2 is 1.48 bits per heavy atom. The van der Waals surface area contributed by atoms with E-state index >= 15 is 0 Å². The van der Waals surface area contributed by atoms with Crippen LogP contribution in [0.25, 0.3) is 0 Å². The van der Waals surface area contributed by atoms with E-state index in [1.165, 1.54) is 38.5 Å². The van der Waals surface area contributed by atoms with E-state index < -0.39 is 0 Å². The van der Waals surface area contributed by atoms with Gasteiger partial charge in [-0.05, 0) is 51.4 Å². The quantitative estimate of drug-likeness (QED) is 0.144. The van der Waals surface area contributed by atoms with Crippen LogP contribution in [0.15, 0.2) is 12.2 Å². The fourth-order valence-electron chi connectivity index (χ4n) is 2.69. The van der Waals surface area contributed by atoms with Crippen LogP contribution in [0.4, 0.5) is 0 Å². The Bertz CT molecular complexity index is 322. The SMILES string of the molecule is CC/C=C\CCCCOC(CCCCC#N)OCCCCCCCC. The van der Waals surface area contributed by atoms with Gasteiger partial charge >= 0.3 is 0 Å². The highest BCUT2D eigenvalue weighted by molar-refractivity contribution is 4.79. The first kappa shape index (κ1) is 24.1. The third kappa shape index (κ3) is 19.3. The molecule has 0 amide bonds. The molecule has 0 spiro atoms. The van der Waals surface area contributed by atoms with E-state index in [0.717, 1.165) is 58.2 Å². The second kappa shape index (κ2) is 21.2. The predicted octanol–water partition coefficient (Wildman–Crippen LogP) is 6.93. The molecule has 146 valence electrons. The molecule has 25 heavy (non-hydrogen) atoms. The van der Waals surface area contributed by atoms with Gasteiger partial charge in [-0.1, -0.05) is 58.1 Å². The first-order chi connectivity index (χ1) is 12.3. The number of nitriles is 1. The smallest absolute Gasteiger partial charge is 0.157 e. The van der Waals surface area contributed by atoms with Crippen molar-refractivity contribution in [2.75, 3.05) is 13.2 Å². The number of allylic oxidation sites excluding steroid dienone is 2. The summed E-state index contributed by atoms with van der Waals surface area (Å²) in [4.78, 5) is 0. The molecule has 0 saturated heterocycles. The van der Waals surface area contributed by atoms with Crippen molar-refractivity contribution in [3.8, 4) is 6.07 Å². The van der Waals surface area contributed by atoms with Crippen LogP contribution in [0.5, 0.6) is 0 Å². The van der Waals surface area contributed by atoms with Gasteiger partial charge in [0, 0.05) is 19.6 Å². The van der Waals surface area contributed by atoms with Crippen molar-refractivity contribution in [1.29, 1.82) is 5.26 Å². The lowest BCUT2D eigenvalue weighted by Crippen LogP contribution is -2.19. The van der Waals surface area contributed by atoms with E-state index in [2.05, 4.69) is 32.1 Å². The van der Waals surface area contributed by atoms with Gasteiger partial charge < -0.3 is 9.47 Å². The van der Waals surface area contributed by atoms with Gasteiger partial charge in [-0.2, -0.15) is 5.26 Å². The first-order valence-electron chi connectivity index (χ1n) is 10.6. The van der Waals surface area contributed by atoms with Gasteiger partial charge in [0.1, 0.15) is 0 Å². The highest BCUT2D eigenvalue weighted by Crippen LogP contribution is 2.12. The Labute approximate surface area is 156 Å². The van der Waals surface area contributed by atoms with Gasteiger partial charge in [-0.25, -0.2) is 0 Å². The van der Waals surface area contributed by atoms with E-state index in [-0.39, 0.29) is 6.29 Å². The molecule has 0 heterocycles. The molecule has 0 aliphatic carbocycles. The van der Waals surface area contributed by atoms with Crippen molar-refractivity contribution in [2.24, 2.45) is 0 Å². The number of ether oxygens (including phenoxy) is 2. The molecule has 0 bridgehead atoms. The largest absolute Gasteiger partial charge is 0.353 e. The van der Waals surface area contributed by atoms with Crippen molar-refractivity contribution >= 4 is 0 Å². The number of hydrogen-bond donors (Lipinski definition) is 0. The molecule has 0 aromatic carbocycles. The minimum atomic E-state index is -0.0829. The molecule has 1 unspecified atom stereocenters. The Balaban J connectivity index is 3.78. The molecule has 0 aromatic heterocycles. The molecule has 0 radical (unpaired) electrons. The number of rotatable bonds is 19. The van der Waals surface area contributed by atoms with Crippen LogP contribution in [-0.2, 0) is 9.47 Å². The lowest BCUT2D eigenvalue weighted by molar-refractivity contribution is -0.147. The van der Waals surface area contributed by atoms with Crippen molar-refractivity contribution in [3.63, 3.8) is 0 Å². The van der Waals surface area contributed by atoms with E-state index in [1.807, 2.05) is 0 Å². The summed E-state index contributed by atoms with van der Waals surface area (Å²) in [6.07, 6.45) is 20.1. The Morgan fingerprint density at radius 3 is 2.16 bits per heavy atom. The number of hydrogen-bond acceptors (Lipinski definition) is 3. The van der Waals surface area contributed by atoms with Crippen molar-refractivity contribution in [1.82, 2.24) is 0 Å². The third-order valence-corrected chi connectivity index (χ3v) is 4.25. The summed E-state index contributed by atoms with van der Waals surface area (Å²) in [5, 5.41) is 8.64. The molecule has 0 rings (SSSR count). The third-order valence-electron chi connectivity index (χ3n) is 4.25. The summed E-state index contributed by atoms with van der Waals surface area (Å²) in [6.45, 7) is 5.99. The molecular formula is C22H41NO2. The van der Waals surface area contributed by atoms with Crippen LogP contribution >= 0.6 is 0 Å². The highest BCUT2D eigenvalue weighted by Gasteiger charge is 2.09. The normalized spacial score (nSPS) is 12.5. The lowest BCUT2D eigenvalue weighted by atomic mass is 10.1. The topological polar surface area (TPSA) is 42.2 Å². The second-order valence-electron chi connectivity index (χ2n) is 6.72. The van der Waals surface area contributed by atoms with Gasteiger partial charge in [0.25, 0.3) is 0 Å². The van der Waals surface area contributed by atoms with E-state index in [4.69, 9.17) is 14.7 Å². The van der Waals surface area contributed by atoms with Gasteiger partial charge in [0.05, 0.1) is 6.07 Å². The fraction of sp³-hybridized carbons (Fsp3) is 0.864. The van der Waals surface area contributed by atoms with Gasteiger partial charge in [-0.15, -0.1) is 0 Å². The summed E-state index contributed by atoms with van der Waals surface area (Å²) in [6, 6.07) is 2.21. The summed E-state index contributed by atoms with van der Waals surface area (Å²) in [7, 11) is 0. The molecule has 1 atom stereocenters. The van der Waals surface area contributed by atoms with Crippen LogP contribution in [0, 0.1) is 11.3 Å². The lowest BCUT2D eigenvalue weighted by Gasteiger charge is -2.18. The molecule has 0 aromatic rings. The Hall–Kier alpha value is -0.850. The average Bonchev–Trinajstić information content (AvgIpc) is 2.63. The van der Waals surface area contributed by atoms with Gasteiger partial charge in [-0.3, -0.25) is 0 Å². The minimum absolute atomic E-state index is 0.0829. The van der Waals surface area contributed by atoms with Crippen LogP contribution < -0.4 is 0 Å². The summed E-state index contributed by atoms with van der Waals surface area (Å²) in [5.41, 5.74) is 0. The Morgan fingerprint density at radius 1 is 0.800 bits per heavy atom. The van der Waals surface area contributed by atoms with Gasteiger partial charge in [0.15, 0.2) is 6.29 Å². The van der Waals surface area contributed by atoms with E-state index in [0.29, 0.717) is 6.42 Å². The monoisotopic (exact) mass is 351 g/mol. The maximum absolute atomic E-state index is 8.64. The molecule has 0 aliphatic rings. The van der Waals surface area contributed by atoms with Crippen molar-refractivity contribution in [3.05, 3.63) is 12.2 Å².